The molecule has 1 atom stereocenters. The summed E-state index contributed by atoms with van der Waals surface area (Å²) in [5.74, 6) is -0.358. The Morgan fingerprint density at radius 3 is 2.40 bits per heavy atom. The predicted molar refractivity (Wildman–Crippen MR) is 130 cm³/mol. The summed E-state index contributed by atoms with van der Waals surface area (Å²) in [5.41, 5.74) is 2.02. The van der Waals surface area contributed by atoms with Crippen molar-refractivity contribution in [2.24, 2.45) is 5.10 Å². The molecule has 2 N–H and O–H groups in total. The Kier molecular flexibility index (Phi) is 6.36. The maximum absolute atomic E-state index is 13.3. The Morgan fingerprint density at radius 2 is 1.74 bits per heavy atom. The molecule has 35 heavy (non-hydrogen) atoms. The van der Waals surface area contributed by atoms with Crippen LogP contribution >= 0.6 is 0 Å². The number of hydrazone groups is 1. The second kappa shape index (κ2) is 9.59. The highest BCUT2D eigenvalue weighted by Gasteiger charge is 2.38. The minimum absolute atomic E-state index is 0.00565. The number of benzene rings is 2. The first-order chi connectivity index (χ1) is 16.9. The van der Waals surface area contributed by atoms with Crippen molar-refractivity contribution in [2.45, 2.75) is 43.9 Å². The van der Waals surface area contributed by atoms with Crippen LogP contribution in [0.3, 0.4) is 0 Å². The van der Waals surface area contributed by atoms with Crippen LogP contribution in [0.15, 0.2) is 66.0 Å². The molecule has 1 amide bonds. The molecule has 0 aliphatic carbocycles. The Hall–Kier alpha value is -3.56. The Labute approximate surface area is 202 Å². The first-order valence-electron chi connectivity index (χ1n) is 11.8. The van der Waals surface area contributed by atoms with Gasteiger partial charge in [0.1, 0.15) is 5.82 Å². The first kappa shape index (κ1) is 23.2. The molecule has 2 aliphatic heterocycles. The number of rotatable bonds is 6. The Morgan fingerprint density at radius 1 is 1.06 bits per heavy atom. The molecule has 5 rings (SSSR count). The summed E-state index contributed by atoms with van der Waals surface area (Å²) >= 11 is 0. The molecule has 9 heteroatoms. The summed E-state index contributed by atoms with van der Waals surface area (Å²) in [6, 6.07) is 13.4. The molecule has 1 saturated heterocycles. The van der Waals surface area contributed by atoms with Gasteiger partial charge in [0.25, 0.3) is 5.91 Å². The Balaban J connectivity index is 1.18. The fraction of sp³-hybridized carbons (Fsp3) is 0.346. The first-order valence-corrected chi connectivity index (χ1v) is 11.8. The van der Waals surface area contributed by atoms with Crippen LogP contribution in [0.25, 0.3) is 5.69 Å². The van der Waals surface area contributed by atoms with Gasteiger partial charge in [-0.1, -0.05) is 0 Å². The molecule has 1 fully saturated rings. The van der Waals surface area contributed by atoms with Gasteiger partial charge in [-0.2, -0.15) is 10.2 Å². The van der Waals surface area contributed by atoms with E-state index in [2.05, 4.69) is 10.2 Å². The van der Waals surface area contributed by atoms with E-state index in [0.717, 1.165) is 16.9 Å². The molecule has 1 unspecified atom stereocenters. The number of carbonyl (C=O) groups is 1. The van der Waals surface area contributed by atoms with Crippen LogP contribution in [0, 0.1) is 5.82 Å². The lowest BCUT2D eigenvalue weighted by molar-refractivity contribution is -0.0268. The van der Waals surface area contributed by atoms with Crippen LogP contribution < -0.4 is 5.01 Å². The molecule has 182 valence electrons. The van der Waals surface area contributed by atoms with Gasteiger partial charge in [0.2, 0.25) is 0 Å². The largest absolute Gasteiger partial charge is 0.392 e. The summed E-state index contributed by atoms with van der Waals surface area (Å²) in [6.45, 7) is 0.871. The standard InChI is InChI=1S/C26H28FN5O3/c27-21-3-7-23(8-4-21)32-24(9-12-28-32)15-26(35)10-13-30(14-11-26)25(34)20-1-5-22(6-2-20)31-17-19(18-33)16-29-31/h1-8,12,16-17,24,33,35H,9-11,13-15,18H2. The summed E-state index contributed by atoms with van der Waals surface area (Å²) in [7, 11) is 0. The third kappa shape index (κ3) is 4.96. The van der Waals surface area contributed by atoms with E-state index < -0.39 is 5.60 Å². The predicted octanol–water partition coefficient (Wildman–Crippen LogP) is 3.13. The molecular weight excluding hydrogens is 449 g/mol. The average Bonchev–Trinajstić information content (AvgIpc) is 3.54. The monoisotopic (exact) mass is 477 g/mol. The van der Waals surface area contributed by atoms with Crippen molar-refractivity contribution in [3.8, 4) is 5.69 Å². The SMILES string of the molecule is O=C(c1ccc(-n2cc(CO)cn2)cc1)N1CCC(O)(CC2CC=NN2c2ccc(F)cc2)CC1. The van der Waals surface area contributed by atoms with E-state index in [9.17, 15) is 19.4 Å². The zero-order chi connectivity index (χ0) is 24.4. The average molecular weight is 478 g/mol. The maximum atomic E-state index is 13.3. The molecule has 0 bridgehead atoms. The number of hydrogen-bond donors (Lipinski definition) is 2. The smallest absolute Gasteiger partial charge is 0.253 e. The quantitative estimate of drug-likeness (QED) is 0.569. The van der Waals surface area contributed by atoms with Gasteiger partial charge in [0, 0.05) is 43.0 Å². The minimum atomic E-state index is -0.887. The van der Waals surface area contributed by atoms with E-state index >= 15 is 0 Å². The number of aromatic nitrogens is 2. The van der Waals surface area contributed by atoms with E-state index in [1.165, 1.54) is 12.1 Å². The maximum Gasteiger partial charge on any atom is 0.253 e. The number of likely N-dealkylation sites (tertiary alicyclic amines) is 1. The van der Waals surface area contributed by atoms with E-state index in [1.807, 2.05) is 23.4 Å². The van der Waals surface area contributed by atoms with E-state index in [-0.39, 0.29) is 24.4 Å². The third-order valence-corrected chi connectivity index (χ3v) is 6.81. The number of aliphatic hydroxyl groups is 2. The van der Waals surface area contributed by atoms with Gasteiger partial charge < -0.3 is 15.1 Å². The molecule has 8 nitrogen and oxygen atoms in total. The van der Waals surface area contributed by atoms with E-state index in [1.54, 1.807) is 46.2 Å². The van der Waals surface area contributed by atoms with Gasteiger partial charge in [-0.05, 0) is 67.8 Å². The summed E-state index contributed by atoms with van der Waals surface area (Å²) in [6.07, 6.45) is 7.39. The highest BCUT2D eigenvalue weighted by Crippen LogP contribution is 2.33. The van der Waals surface area contributed by atoms with Crippen LogP contribution in [0.4, 0.5) is 10.1 Å². The van der Waals surface area contributed by atoms with Crippen LogP contribution in [0.5, 0.6) is 0 Å². The second-order valence-electron chi connectivity index (χ2n) is 9.23. The molecule has 2 aromatic carbocycles. The molecule has 0 spiro atoms. The fourth-order valence-corrected chi connectivity index (χ4v) is 4.78. The van der Waals surface area contributed by atoms with Crippen molar-refractivity contribution in [2.75, 3.05) is 18.1 Å². The van der Waals surface area contributed by atoms with Crippen LogP contribution in [-0.4, -0.2) is 61.7 Å². The third-order valence-electron chi connectivity index (χ3n) is 6.81. The normalized spacial score (nSPS) is 19.3. The summed E-state index contributed by atoms with van der Waals surface area (Å²) in [4.78, 5) is 14.8. The lowest BCUT2D eigenvalue weighted by Crippen LogP contribution is -2.49. The lowest BCUT2D eigenvalue weighted by atomic mass is 9.84. The van der Waals surface area contributed by atoms with Gasteiger partial charge in [0.05, 0.1) is 35.8 Å². The van der Waals surface area contributed by atoms with Crippen LogP contribution in [0.1, 0.15) is 41.6 Å². The topological polar surface area (TPSA) is 94.2 Å². The van der Waals surface area contributed by atoms with Crippen molar-refractivity contribution in [3.63, 3.8) is 0 Å². The number of piperidine rings is 1. The van der Waals surface area contributed by atoms with Gasteiger partial charge >= 0.3 is 0 Å². The molecule has 0 saturated carbocycles. The highest BCUT2D eigenvalue weighted by atomic mass is 19.1. The molecule has 3 heterocycles. The number of carbonyl (C=O) groups excluding carboxylic acids is 1. The number of halogens is 1. The number of amides is 1. The second-order valence-corrected chi connectivity index (χ2v) is 9.23. The molecular formula is C26H28FN5O3. The van der Waals surface area contributed by atoms with Crippen molar-refractivity contribution in [1.29, 1.82) is 0 Å². The number of nitrogens with zero attached hydrogens (tertiary/aromatic N) is 5. The van der Waals surface area contributed by atoms with Crippen molar-refractivity contribution < 1.29 is 19.4 Å². The minimum Gasteiger partial charge on any atom is -0.392 e. The van der Waals surface area contributed by atoms with Crippen molar-refractivity contribution >= 4 is 17.8 Å². The van der Waals surface area contributed by atoms with Gasteiger partial charge in [-0.3, -0.25) is 9.80 Å². The zero-order valence-electron chi connectivity index (χ0n) is 19.3. The van der Waals surface area contributed by atoms with Crippen molar-refractivity contribution in [3.05, 3.63) is 77.9 Å². The Bertz CT molecular complexity index is 1200. The molecule has 3 aromatic rings. The fourth-order valence-electron chi connectivity index (χ4n) is 4.78. The number of anilines is 1. The molecule has 1 aromatic heterocycles. The number of aliphatic hydroxyl groups excluding tert-OH is 1. The molecule has 2 aliphatic rings. The van der Waals surface area contributed by atoms with Gasteiger partial charge in [-0.15, -0.1) is 0 Å². The van der Waals surface area contributed by atoms with Crippen LogP contribution in [0.2, 0.25) is 0 Å². The lowest BCUT2D eigenvalue weighted by Gasteiger charge is -2.40. The highest BCUT2D eigenvalue weighted by molar-refractivity contribution is 5.94. The summed E-state index contributed by atoms with van der Waals surface area (Å²) < 4.78 is 15.0. The van der Waals surface area contributed by atoms with Crippen molar-refractivity contribution in [1.82, 2.24) is 14.7 Å². The van der Waals surface area contributed by atoms with E-state index in [0.29, 0.717) is 44.3 Å². The molecule has 0 radical (unpaired) electrons. The van der Waals surface area contributed by atoms with Crippen LogP contribution in [-0.2, 0) is 6.61 Å². The van der Waals surface area contributed by atoms with E-state index in [4.69, 9.17) is 0 Å². The van der Waals surface area contributed by atoms with Gasteiger partial charge in [-0.25, -0.2) is 9.07 Å². The number of hydrogen-bond acceptors (Lipinski definition) is 6. The zero-order valence-corrected chi connectivity index (χ0v) is 19.3. The van der Waals surface area contributed by atoms with Gasteiger partial charge in [0.15, 0.2) is 0 Å². The summed E-state index contributed by atoms with van der Waals surface area (Å²) in [5, 5.41) is 31.0.